The van der Waals surface area contributed by atoms with Crippen molar-refractivity contribution >= 4 is 35.2 Å². The summed E-state index contributed by atoms with van der Waals surface area (Å²) in [6, 6.07) is 7.18. The van der Waals surface area contributed by atoms with Crippen molar-refractivity contribution in [1.29, 1.82) is 0 Å². The molecule has 1 aliphatic rings. The molecule has 20 heavy (non-hydrogen) atoms. The van der Waals surface area contributed by atoms with Crippen LogP contribution in [0, 0.1) is 0 Å². The van der Waals surface area contributed by atoms with Gasteiger partial charge < -0.3 is 4.90 Å². The van der Waals surface area contributed by atoms with Gasteiger partial charge in [-0.2, -0.15) is 0 Å². The zero-order valence-electron chi connectivity index (χ0n) is 11.3. The van der Waals surface area contributed by atoms with E-state index < -0.39 is 0 Å². The van der Waals surface area contributed by atoms with Gasteiger partial charge in [-0.25, -0.2) is 0 Å². The summed E-state index contributed by atoms with van der Waals surface area (Å²) in [4.78, 5) is 27.1. The molecular formula is C14H15ClN2O2S. The molecule has 0 saturated carbocycles. The van der Waals surface area contributed by atoms with E-state index in [0.29, 0.717) is 28.7 Å². The predicted octanol–water partition coefficient (Wildman–Crippen LogP) is 2.64. The second-order valence-electron chi connectivity index (χ2n) is 4.19. The third-order valence-corrected chi connectivity index (χ3v) is 4.32. The predicted molar refractivity (Wildman–Crippen MR) is 80.4 cm³/mol. The summed E-state index contributed by atoms with van der Waals surface area (Å²) < 4.78 is 0. The molecule has 1 N–H and O–H groups in total. The minimum absolute atomic E-state index is 0.324. The topological polar surface area (TPSA) is 49.4 Å². The highest BCUT2D eigenvalue weighted by Gasteiger charge is 2.33. The molecule has 1 aromatic carbocycles. The van der Waals surface area contributed by atoms with Gasteiger partial charge in [0.2, 0.25) is 0 Å². The highest BCUT2D eigenvalue weighted by molar-refractivity contribution is 8.04. The summed E-state index contributed by atoms with van der Waals surface area (Å²) >= 11 is 7.13. The molecule has 106 valence electrons. The van der Waals surface area contributed by atoms with Crippen LogP contribution in [-0.4, -0.2) is 29.8 Å². The van der Waals surface area contributed by atoms with E-state index in [1.54, 1.807) is 12.1 Å². The Morgan fingerprint density at radius 3 is 2.25 bits per heavy atom. The fraction of sp³-hybridized carbons (Fsp3) is 0.286. The minimum atomic E-state index is -0.336. The van der Waals surface area contributed by atoms with Crippen LogP contribution >= 0.6 is 23.4 Å². The molecule has 0 atom stereocenters. The molecule has 1 aliphatic heterocycles. The van der Waals surface area contributed by atoms with E-state index in [2.05, 4.69) is 5.32 Å². The monoisotopic (exact) mass is 310 g/mol. The van der Waals surface area contributed by atoms with Crippen LogP contribution in [0.4, 0.5) is 0 Å². The number of benzene rings is 1. The molecule has 2 rings (SSSR count). The van der Waals surface area contributed by atoms with Crippen molar-refractivity contribution in [2.45, 2.75) is 18.7 Å². The minimum Gasteiger partial charge on any atom is -0.367 e. The average molecular weight is 311 g/mol. The van der Waals surface area contributed by atoms with E-state index in [-0.39, 0.29) is 11.8 Å². The van der Waals surface area contributed by atoms with E-state index in [0.717, 1.165) is 4.90 Å². The van der Waals surface area contributed by atoms with Gasteiger partial charge in [0.25, 0.3) is 11.8 Å². The van der Waals surface area contributed by atoms with Gasteiger partial charge in [-0.1, -0.05) is 23.4 Å². The van der Waals surface area contributed by atoms with Crippen LogP contribution in [-0.2, 0) is 9.59 Å². The van der Waals surface area contributed by atoms with E-state index >= 15 is 0 Å². The Hall–Kier alpha value is -1.46. The number of nitrogens with one attached hydrogen (secondary N) is 1. The van der Waals surface area contributed by atoms with Gasteiger partial charge in [0.1, 0.15) is 10.6 Å². The number of amides is 2. The zero-order valence-corrected chi connectivity index (χ0v) is 12.8. The number of imide groups is 1. The molecule has 0 aromatic heterocycles. The highest BCUT2D eigenvalue weighted by atomic mass is 35.5. The van der Waals surface area contributed by atoms with E-state index in [1.807, 2.05) is 30.9 Å². The summed E-state index contributed by atoms with van der Waals surface area (Å²) in [5.41, 5.74) is 0.458. The molecule has 0 aliphatic carbocycles. The van der Waals surface area contributed by atoms with Crippen molar-refractivity contribution in [3.8, 4) is 0 Å². The first-order valence-corrected chi connectivity index (χ1v) is 7.54. The van der Waals surface area contributed by atoms with Crippen LogP contribution in [0.5, 0.6) is 0 Å². The maximum atomic E-state index is 11.9. The largest absolute Gasteiger partial charge is 0.367 e. The number of halogens is 1. The highest BCUT2D eigenvalue weighted by Crippen LogP contribution is 2.33. The zero-order chi connectivity index (χ0) is 14.7. The van der Waals surface area contributed by atoms with Crippen LogP contribution in [0.2, 0.25) is 5.02 Å². The smallest absolute Gasteiger partial charge is 0.275 e. The van der Waals surface area contributed by atoms with Crippen molar-refractivity contribution in [2.75, 3.05) is 13.1 Å². The quantitative estimate of drug-likeness (QED) is 0.849. The number of nitrogens with zero attached hydrogens (tertiary/aromatic N) is 1. The molecule has 0 radical (unpaired) electrons. The van der Waals surface area contributed by atoms with E-state index in [1.165, 1.54) is 11.8 Å². The molecule has 0 saturated heterocycles. The maximum absolute atomic E-state index is 11.9. The van der Waals surface area contributed by atoms with Gasteiger partial charge >= 0.3 is 0 Å². The fourth-order valence-electron chi connectivity index (χ4n) is 1.97. The van der Waals surface area contributed by atoms with Crippen LogP contribution in [0.15, 0.2) is 39.8 Å². The molecule has 2 amide bonds. The Morgan fingerprint density at radius 1 is 1.10 bits per heavy atom. The number of rotatable bonds is 5. The maximum Gasteiger partial charge on any atom is 0.275 e. The summed E-state index contributed by atoms with van der Waals surface area (Å²) in [5, 5.41) is 3.00. The average Bonchev–Trinajstić information content (AvgIpc) is 2.70. The van der Waals surface area contributed by atoms with Crippen molar-refractivity contribution < 1.29 is 9.59 Å². The van der Waals surface area contributed by atoms with Gasteiger partial charge in [0.15, 0.2) is 0 Å². The first-order valence-electron chi connectivity index (χ1n) is 6.35. The van der Waals surface area contributed by atoms with Gasteiger partial charge in [-0.3, -0.25) is 14.9 Å². The summed E-state index contributed by atoms with van der Waals surface area (Å²) in [5.74, 6) is -0.660. The molecule has 1 heterocycles. The van der Waals surface area contributed by atoms with E-state index in [4.69, 9.17) is 11.6 Å². The second-order valence-corrected chi connectivity index (χ2v) is 5.71. The molecule has 0 fully saturated rings. The first kappa shape index (κ1) is 14.9. The Kier molecular flexibility index (Phi) is 4.73. The fourth-order valence-corrected chi connectivity index (χ4v) is 3.07. The number of hydrogen-bond acceptors (Lipinski definition) is 4. The Labute approximate surface area is 127 Å². The van der Waals surface area contributed by atoms with Crippen molar-refractivity contribution in [3.63, 3.8) is 0 Å². The lowest BCUT2D eigenvalue weighted by atomic mass is 10.3. The van der Waals surface area contributed by atoms with Gasteiger partial charge in [-0.15, -0.1) is 0 Å². The van der Waals surface area contributed by atoms with E-state index in [9.17, 15) is 9.59 Å². The lowest BCUT2D eigenvalue weighted by Crippen LogP contribution is -2.30. The number of likely N-dealkylation sites (N-methyl/N-ethyl adjacent to an activating group) is 1. The molecular weight excluding hydrogens is 296 g/mol. The Bertz CT molecular complexity index is 565. The van der Waals surface area contributed by atoms with Crippen LogP contribution in [0.1, 0.15) is 13.8 Å². The lowest BCUT2D eigenvalue weighted by Gasteiger charge is -2.21. The molecule has 4 nitrogen and oxygen atoms in total. The van der Waals surface area contributed by atoms with Crippen LogP contribution < -0.4 is 5.32 Å². The normalized spacial score (nSPS) is 14.8. The Balaban J connectivity index is 2.35. The van der Waals surface area contributed by atoms with Gasteiger partial charge in [0, 0.05) is 23.0 Å². The second kappa shape index (κ2) is 6.33. The molecule has 0 bridgehead atoms. The SMILES string of the molecule is CCN(CC)C1=C(Sc2ccc(Cl)cc2)C(=O)NC1=O. The third-order valence-electron chi connectivity index (χ3n) is 2.98. The van der Waals surface area contributed by atoms with Crippen LogP contribution in [0.25, 0.3) is 0 Å². The number of carbonyl (C=O) groups excluding carboxylic acids is 2. The van der Waals surface area contributed by atoms with Gasteiger partial charge in [-0.05, 0) is 38.1 Å². The molecule has 0 unspecified atom stereocenters. The molecule has 6 heteroatoms. The van der Waals surface area contributed by atoms with Crippen molar-refractivity contribution in [1.82, 2.24) is 10.2 Å². The van der Waals surface area contributed by atoms with Crippen LogP contribution in [0.3, 0.4) is 0 Å². The molecule has 0 spiro atoms. The standard InChI is InChI=1S/C14H15ClN2O2S/c1-3-17(4-2)11-12(14(19)16-13(11)18)20-10-7-5-9(15)6-8-10/h5-8H,3-4H2,1-2H3,(H,16,18,19). The Morgan fingerprint density at radius 2 is 1.70 bits per heavy atom. The number of hydrogen-bond donors (Lipinski definition) is 1. The lowest BCUT2D eigenvalue weighted by molar-refractivity contribution is -0.124. The summed E-state index contributed by atoms with van der Waals surface area (Å²) in [7, 11) is 0. The van der Waals surface area contributed by atoms with Gasteiger partial charge in [0.05, 0.1) is 0 Å². The van der Waals surface area contributed by atoms with Crippen molar-refractivity contribution in [3.05, 3.63) is 39.9 Å². The summed E-state index contributed by atoms with van der Waals surface area (Å²) in [6.45, 7) is 5.27. The first-order chi connectivity index (χ1) is 9.56. The number of thioether (sulfide) groups is 1. The summed E-state index contributed by atoms with van der Waals surface area (Å²) in [6.07, 6.45) is 0. The van der Waals surface area contributed by atoms with Crippen molar-refractivity contribution in [2.24, 2.45) is 0 Å². The third kappa shape index (κ3) is 2.99. The number of carbonyl (C=O) groups is 2. The molecule has 1 aromatic rings.